The summed E-state index contributed by atoms with van der Waals surface area (Å²) in [4.78, 5) is 2.46. The minimum atomic E-state index is -3.59. The third kappa shape index (κ3) is 4.96. The van der Waals surface area contributed by atoms with Gasteiger partial charge < -0.3 is 0 Å². The number of sulfonamides is 1. The van der Waals surface area contributed by atoms with Crippen LogP contribution in [0.5, 0.6) is 0 Å². The SMILES string of the molecule is O=S(=O)(NC1CCN(Cc2ccc(Cl)cc2)CC1)c1ccccc1Cl. The van der Waals surface area contributed by atoms with Gasteiger partial charge in [-0.1, -0.05) is 47.5 Å². The van der Waals surface area contributed by atoms with Crippen LogP contribution in [-0.2, 0) is 16.6 Å². The third-order valence-corrected chi connectivity index (χ3v) is 6.63. The van der Waals surface area contributed by atoms with E-state index in [1.165, 1.54) is 11.6 Å². The highest BCUT2D eigenvalue weighted by molar-refractivity contribution is 7.89. The van der Waals surface area contributed by atoms with E-state index in [0.29, 0.717) is 0 Å². The van der Waals surface area contributed by atoms with Crippen molar-refractivity contribution in [2.24, 2.45) is 0 Å². The Morgan fingerprint density at radius 3 is 2.28 bits per heavy atom. The zero-order valence-corrected chi connectivity index (χ0v) is 16.0. The van der Waals surface area contributed by atoms with Crippen LogP contribution in [0.4, 0.5) is 0 Å². The smallest absolute Gasteiger partial charge is 0.242 e. The standard InChI is InChI=1S/C18H20Cl2N2O2S/c19-15-7-5-14(6-8-15)13-22-11-9-16(10-12-22)21-25(23,24)18-4-2-1-3-17(18)20/h1-8,16,21H,9-13H2. The van der Waals surface area contributed by atoms with Crippen molar-refractivity contribution in [3.63, 3.8) is 0 Å². The van der Waals surface area contributed by atoms with Crippen molar-refractivity contribution in [3.05, 3.63) is 64.1 Å². The highest BCUT2D eigenvalue weighted by Gasteiger charge is 2.25. The normalized spacial score (nSPS) is 16.9. The van der Waals surface area contributed by atoms with Gasteiger partial charge in [0, 0.05) is 30.7 Å². The molecule has 0 aliphatic carbocycles. The second-order valence-corrected chi connectivity index (χ2v) is 8.75. The molecule has 0 amide bonds. The number of benzene rings is 2. The number of likely N-dealkylation sites (tertiary alicyclic amines) is 1. The molecule has 2 aromatic rings. The highest BCUT2D eigenvalue weighted by atomic mass is 35.5. The molecule has 0 saturated carbocycles. The molecule has 134 valence electrons. The van der Waals surface area contributed by atoms with E-state index in [1.54, 1.807) is 18.2 Å². The van der Waals surface area contributed by atoms with Crippen LogP contribution in [0, 0.1) is 0 Å². The molecule has 1 N–H and O–H groups in total. The zero-order chi connectivity index (χ0) is 17.9. The lowest BCUT2D eigenvalue weighted by molar-refractivity contribution is 0.200. The monoisotopic (exact) mass is 398 g/mol. The summed E-state index contributed by atoms with van der Waals surface area (Å²) in [7, 11) is -3.59. The number of halogens is 2. The van der Waals surface area contributed by atoms with Crippen LogP contribution in [0.3, 0.4) is 0 Å². The maximum atomic E-state index is 12.5. The average molecular weight is 399 g/mol. The lowest BCUT2D eigenvalue weighted by Crippen LogP contribution is -2.44. The first-order chi connectivity index (χ1) is 11.9. The van der Waals surface area contributed by atoms with Crippen LogP contribution in [0.15, 0.2) is 53.4 Å². The summed E-state index contributed by atoms with van der Waals surface area (Å²) < 4.78 is 27.8. The molecule has 0 spiro atoms. The Morgan fingerprint density at radius 1 is 1.00 bits per heavy atom. The lowest BCUT2D eigenvalue weighted by atomic mass is 10.1. The fourth-order valence-electron chi connectivity index (χ4n) is 3.00. The van der Waals surface area contributed by atoms with Gasteiger partial charge in [-0.2, -0.15) is 0 Å². The second kappa shape index (κ2) is 8.06. The van der Waals surface area contributed by atoms with Crippen molar-refractivity contribution in [1.29, 1.82) is 0 Å². The molecule has 0 atom stereocenters. The van der Waals surface area contributed by atoms with Crippen LogP contribution in [-0.4, -0.2) is 32.4 Å². The van der Waals surface area contributed by atoms with Crippen molar-refractivity contribution in [2.75, 3.05) is 13.1 Å². The van der Waals surface area contributed by atoms with Gasteiger partial charge in [-0.15, -0.1) is 0 Å². The number of hydrogen-bond acceptors (Lipinski definition) is 3. The summed E-state index contributed by atoms with van der Waals surface area (Å²) in [6.07, 6.45) is 1.55. The third-order valence-electron chi connectivity index (χ3n) is 4.36. The van der Waals surface area contributed by atoms with Gasteiger partial charge in [-0.05, 0) is 42.7 Å². The van der Waals surface area contributed by atoms with E-state index in [-0.39, 0.29) is 16.0 Å². The Kier molecular flexibility index (Phi) is 6.02. The first kappa shape index (κ1) is 18.7. The van der Waals surface area contributed by atoms with E-state index in [2.05, 4.69) is 9.62 Å². The zero-order valence-electron chi connectivity index (χ0n) is 13.7. The fraction of sp³-hybridized carbons (Fsp3) is 0.333. The molecule has 4 nitrogen and oxygen atoms in total. The first-order valence-corrected chi connectivity index (χ1v) is 10.4. The molecule has 1 saturated heterocycles. The number of nitrogens with one attached hydrogen (secondary N) is 1. The van der Waals surface area contributed by atoms with Crippen molar-refractivity contribution < 1.29 is 8.42 Å². The number of nitrogens with zero attached hydrogens (tertiary/aromatic N) is 1. The summed E-state index contributed by atoms with van der Waals surface area (Å²) in [6.45, 7) is 2.54. The van der Waals surface area contributed by atoms with Crippen LogP contribution in [0.2, 0.25) is 10.0 Å². The fourth-order valence-corrected chi connectivity index (χ4v) is 4.95. The number of piperidine rings is 1. The van der Waals surface area contributed by atoms with Gasteiger partial charge in [-0.3, -0.25) is 4.90 Å². The topological polar surface area (TPSA) is 49.4 Å². The summed E-state index contributed by atoms with van der Waals surface area (Å²) in [5.74, 6) is 0. The van der Waals surface area contributed by atoms with Crippen molar-refractivity contribution in [3.8, 4) is 0 Å². The maximum absolute atomic E-state index is 12.5. The number of rotatable bonds is 5. The summed E-state index contributed by atoms with van der Waals surface area (Å²) in [6, 6.07) is 14.3. The Morgan fingerprint density at radius 2 is 1.64 bits per heavy atom. The average Bonchev–Trinajstić information content (AvgIpc) is 2.59. The molecule has 3 rings (SSSR count). The molecule has 1 fully saturated rings. The van der Waals surface area contributed by atoms with Crippen molar-refractivity contribution in [1.82, 2.24) is 9.62 Å². The van der Waals surface area contributed by atoms with Gasteiger partial charge in [0.1, 0.15) is 4.90 Å². The van der Waals surface area contributed by atoms with Gasteiger partial charge in [-0.25, -0.2) is 13.1 Å². The predicted octanol–water partition coefficient (Wildman–Crippen LogP) is 3.94. The first-order valence-electron chi connectivity index (χ1n) is 8.18. The Bertz CT molecular complexity index is 817. The second-order valence-electron chi connectivity index (χ2n) is 6.23. The predicted molar refractivity (Wildman–Crippen MR) is 102 cm³/mol. The lowest BCUT2D eigenvalue weighted by Gasteiger charge is -2.32. The van der Waals surface area contributed by atoms with Crippen LogP contribution in [0.1, 0.15) is 18.4 Å². The molecule has 7 heteroatoms. The van der Waals surface area contributed by atoms with E-state index >= 15 is 0 Å². The molecule has 1 aliphatic rings. The molecule has 0 bridgehead atoms. The van der Waals surface area contributed by atoms with E-state index in [9.17, 15) is 8.42 Å². The summed E-state index contributed by atoms with van der Waals surface area (Å²) in [5.41, 5.74) is 1.21. The summed E-state index contributed by atoms with van der Waals surface area (Å²) >= 11 is 11.9. The van der Waals surface area contributed by atoms with Gasteiger partial charge in [0.15, 0.2) is 0 Å². The minimum absolute atomic E-state index is 0.0669. The highest BCUT2D eigenvalue weighted by Crippen LogP contribution is 2.22. The maximum Gasteiger partial charge on any atom is 0.242 e. The van der Waals surface area contributed by atoms with Crippen LogP contribution in [0.25, 0.3) is 0 Å². The Balaban J connectivity index is 1.55. The minimum Gasteiger partial charge on any atom is -0.299 e. The van der Waals surface area contributed by atoms with Gasteiger partial charge >= 0.3 is 0 Å². The molecule has 1 heterocycles. The Labute approximate surface area is 158 Å². The van der Waals surface area contributed by atoms with Crippen LogP contribution >= 0.6 is 23.2 Å². The van der Waals surface area contributed by atoms with Gasteiger partial charge in [0.25, 0.3) is 0 Å². The van der Waals surface area contributed by atoms with Crippen molar-refractivity contribution in [2.45, 2.75) is 30.3 Å². The van der Waals surface area contributed by atoms with Gasteiger partial charge in [0.05, 0.1) is 5.02 Å². The molecule has 1 aliphatic heterocycles. The Hall–Kier alpha value is -1.11. The van der Waals surface area contributed by atoms with E-state index in [0.717, 1.165) is 37.5 Å². The quantitative estimate of drug-likeness (QED) is 0.829. The summed E-state index contributed by atoms with van der Waals surface area (Å²) in [5, 5.41) is 0.978. The van der Waals surface area contributed by atoms with Crippen LogP contribution < -0.4 is 4.72 Å². The van der Waals surface area contributed by atoms with E-state index < -0.39 is 10.0 Å². The van der Waals surface area contributed by atoms with Gasteiger partial charge in [0.2, 0.25) is 10.0 Å². The molecule has 0 aromatic heterocycles. The largest absolute Gasteiger partial charge is 0.299 e. The molecular formula is C18H20Cl2N2O2S. The molecule has 0 unspecified atom stereocenters. The van der Waals surface area contributed by atoms with E-state index in [4.69, 9.17) is 23.2 Å². The number of hydrogen-bond donors (Lipinski definition) is 1. The molecule has 0 radical (unpaired) electrons. The van der Waals surface area contributed by atoms with E-state index in [1.807, 2.05) is 24.3 Å². The molecule has 25 heavy (non-hydrogen) atoms. The molecular weight excluding hydrogens is 379 g/mol. The van der Waals surface area contributed by atoms with Crippen molar-refractivity contribution >= 4 is 33.2 Å². The molecule has 2 aromatic carbocycles.